The maximum atomic E-state index is 12.0. The first-order chi connectivity index (χ1) is 13.1. The second-order valence-corrected chi connectivity index (χ2v) is 6.24. The quantitative estimate of drug-likeness (QED) is 0.789. The summed E-state index contributed by atoms with van der Waals surface area (Å²) in [5.41, 5.74) is 0.658. The number of methoxy groups -OCH3 is 2. The maximum Gasteiger partial charge on any atom is 0.325 e. The van der Waals surface area contributed by atoms with Crippen LogP contribution in [0.4, 0.5) is 0 Å². The first-order valence-electron chi connectivity index (χ1n) is 8.75. The van der Waals surface area contributed by atoms with Crippen molar-refractivity contribution in [1.82, 2.24) is 14.9 Å². The van der Waals surface area contributed by atoms with Gasteiger partial charge in [-0.3, -0.25) is 9.69 Å². The van der Waals surface area contributed by atoms with Crippen LogP contribution in [0.15, 0.2) is 36.7 Å². The summed E-state index contributed by atoms with van der Waals surface area (Å²) in [5, 5.41) is 9.81. The van der Waals surface area contributed by atoms with Crippen molar-refractivity contribution in [3.05, 3.63) is 42.2 Å². The van der Waals surface area contributed by atoms with Crippen LogP contribution < -0.4 is 14.2 Å². The summed E-state index contributed by atoms with van der Waals surface area (Å²) in [6.07, 6.45) is 4.65. The number of rotatable bonds is 7. The number of aromatic nitrogens is 2. The van der Waals surface area contributed by atoms with Crippen LogP contribution in [0.2, 0.25) is 0 Å². The molecule has 2 heterocycles. The van der Waals surface area contributed by atoms with Gasteiger partial charge in [-0.05, 0) is 36.6 Å². The van der Waals surface area contributed by atoms with Crippen molar-refractivity contribution in [2.45, 2.75) is 25.0 Å². The Kier molecular flexibility index (Phi) is 6.08. The van der Waals surface area contributed by atoms with Gasteiger partial charge in [0.15, 0.2) is 11.5 Å². The minimum atomic E-state index is -0.895. The monoisotopic (exact) mass is 373 g/mol. The van der Waals surface area contributed by atoms with Crippen LogP contribution >= 0.6 is 0 Å². The summed E-state index contributed by atoms with van der Waals surface area (Å²) in [6, 6.07) is 6.55. The lowest BCUT2D eigenvalue weighted by Gasteiger charge is -2.35. The third-order valence-electron chi connectivity index (χ3n) is 4.61. The Balaban J connectivity index is 1.69. The van der Waals surface area contributed by atoms with Gasteiger partial charge in [0.2, 0.25) is 0 Å². The maximum absolute atomic E-state index is 12.0. The Hall–Kier alpha value is -2.87. The van der Waals surface area contributed by atoms with Crippen molar-refractivity contribution < 1.29 is 24.1 Å². The number of nitrogens with zero attached hydrogens (tertiary/aromatic N) is 3. The van der Waals surface area contributed by atoms with Crippen LogP contribution in [0.5, 0.6) is 17.5 Å². The van der Waals surface area contributed by atoms with Crippen molar-refractivity contribution in [2.75, 3.05) is 27.3 Å². The second-order valence-electron chi connectivity index (χ2n) is 6.24. The fourth-order valence-electron chi connectivity index (χ4n) is 3.28. The molecule has 0 amide bonds. The first kappa shape index (κ1) is 18.9. The summed E-state index contributed by atoms with van der Waals surface area (Å²) in [4.78, 5) is 22.0. The van der Waals surface area contributed by atoms with Crippen LogP contribution in [0.1, 0.15) is 24.4 Å². The second kappa shape index (κ2) is 8.68. The van der Waals surface area contributed by atoms with Gasteiger partial charge in [0, 0.05) is 25.5 Å². The van der Waals surface area contributed by atoms with Crippen LogP contribution in [0, 0.1) is 0 Å². The minimum absolute atomic E-state index is 0.0245. The van der Waals surface area contributed by atoms with E-state index in [1.165, 1.54) is 7.11 Å². The molecular formula is C19H23N3O5. The lowest BCUT2D eigenvalue weighted by atomic mass is 10.00. The number of likely N-dealkylation sites (tertiary alicyclic amines) is 1. The highest BCUT2D eigenvalue weighted by Crippen LogP contribution is 2.33. The predicted octanol–water partition coefficient (Wildman–Crippen LogP) is 2.16. The number of piperidine rings is 1. The average Bonchev–Trinajstić information content (AvgIpc) is 2.70. The molecule has 8 heteroatoms. The summed E-state index contributed by atoms with van der Waals surface area (Å²) in [5.74, 6) is 0.189. The van der Waals surface area contributed by atoms with E-state index in [1.54, 1.807) is 43.8 Å². The molecule has 1 N–H and O–H groups in total. The van der Waals surface area contributed by atoms with Gasteiger partial charge in [-0.25, -0.2) is 9.97 Å². The van der Waals surface area contributed by atoms with Gasteiger partial charge >= 0.3 is 12.0 Å². The average molecular weight is 373 g/mol. The van der Waals surface area contributed by atoms with Crippen LogP contribution in [0.3, 0.4) is 0 Å². The Morgan fingerprint density at radius 2 is 1.81 bits per heavy atom. The zero-order chi connectivity index (χ0) is 19.2. The molecule has 1 unspecified atom stereocenters. The van der Waals surface area contributed by atoms with Crippen molar-refractivity contribution >= 4 is 5.97 Å². The first-order valence-corrected chi connectivity index (χ1v) is 8.75. The molecule has 1 atom stereocenters. The number of carboxylic acids is 1. The van der Waals surface area contributed by atoms with E-state index < -0.39 is 12.0 Å². The number of carbonyl (C=O) groups is 1. The highest BCUT2D eigenvalue weighted by molar-refractivity contribution is 5.76. The number of ether oxygens (including phenoxy) is 3. The van der Waals surface area contributed by atoms with Crippen LogP contribution in [-0.4, -0.2) is 59.4 Å². The smallest absolute Gasteiger partial charge is 0.325 e. The summed E-state index contributed by atoms with van der Waals surface area (Å²) in [6.45, 7) is 1.20. The zero-order valence-electron chi connectivity index (χ0n) is 15.4. The lowest BCUT2D eigenvalue weighted by Crippen LogP contribution is -2.43. The van der Waals surface area contributed by atoms with Gasteiger partial charge in [0.05, 0.1) is 14.2 Å². The molecule has 1 aliphatic rings. The number of benzene rings is 1. The van der Waals surface area contributed by atoms with Gasteiger partial charge in [-0.2, -0.15) is 0 Å². The normalized spacial score (nSPS) is 16.5. The Labute approximate surface area is 157 Å². The van der Waals surface area contributed by atoms with Crippen molar-refractivity contribution in [3.63, 3.8) is 0 Å². The summed E-state index contributed by atoms with van der Waals surface area (Å²) >= 11 is 0. The van der Waals surface area contributed by atoms with Crippen LogP contribution in [0.25, 0.3) is 0 Å². The Morgan fingerprint density at radius 3 is 2.41 bits per heavy atom. The summed E-state index contributed by atoms with van der Waals surface area (Å²) < 4.78 is 16.3. The van der Waals surface area contributed by atoms with Crippen LogP contribution in [-0.2, 0) is 4.79 Å². The molecule has 1 aromatic carbocycles. The molecule has 2 aromatic rings. The molecule has 3 rings (SSSR count). The highest BCUT2D eigenvalue weighted by Gasteiger charge is 2.32. The van der Waals surface area contributed by atoms with E-state index in [0.29, 0.717) is 49.0 Å². The zero-order valence-corrected chi connectivity index (χ0v) is 15.4. The SMILES string of the molecule is COc1ccc(C(C(=O)O)N2CCC(Oc3ncccn3)CC2)cc1OC. The van der Waals surface area contributed by atoms with Gasteiger partial charge in [0.25, 0.3) is 0 Å². The molecule has 144 valence electrons. The molecule has 8 nitrogen and oxygen atoms in total. The van der Waals surface area contributed by atoms with E-state index in [9.17, 15) is 9.90 Å². The summed E-state index contributed by atoms with van der Waals surface area (Å²) in [7, 11) is 3.08. The number of carboxylic acid groups (broad SMARTS) is 1. The molecule has 27 heavy (non-hydrogen) atoms. The highest BCUT2D eigenvalue weighted by atomic mass is 16.5. The number of hydrogen-bond donors (Lipinski definition) is 1. The Bertz CT molecular complexity index is 763. The fraction of sp³-hybridized carbons (Fsp3) is 0.421. The molecule has 0 spiro atoms. The van der Waals surface area contributed by atoms with Crippen molar-refractivity contribution in [3.8, 4) is 17.5 Å². The lowest BCUT2D eigenvalue weighted by molar-refractivity contribution is -0.144. The molecule has 0 saturated carbocycles. The van der Waals surface area contributed by atoms with E-state index >= 15 is 0 Å². The fourth-order valence-corrected chi connectivity index (χ4v) is 3.28. The van der Waals surface area contributed by atoms with Gasteiger partial charge in [0.1, 0.15) is 12.1 Å². The number of hydrogen-bond acceptors (Lipinski definition) is 7. The van der Waals surface area contributed by atoms with Crippen molar-refractivity contribution in [1.29, 1.82) is 0 Å². The molecule has 1 aromatic heterocycles. The molecular weight excluding hydrogens is 350 g/mol. The third-order valence-corrected chi connectivity index (χ3v) is 4.61. The topological polar surface area (TPSA) is 94.0 Å². The van der Waals surface area contributed by atoms with Gasteiger partial charge in [-0.15, -0.1) is 0 Å². The van der Waals surface area contributed by atoms with Gasteiger partial charge < -0.3 is 19.3 Å². The molecule has 1 aliphatic heterocycles. The third kappa shape index (κ3) is 4.46. The van der Waals surface area contributed by atoms with E-state index in [0.717, 1.165) is 0 Å². The van der Waals surface area contributed by atoms with E-state index in [4.69, 9.17) is 14.2 Å². The van der Waals surface area contributed by atoms with Gasteiger partial charge in [-0.1, -0.05) is 6.07 Å². The largest absolute Gasteiger partial charge is 0.493 e. The molecule has 1 fully saturated rings. The van der Waals surface area contributed by atoms with E-state index in [2.05, 4.69) is 9.97 Å². The number of aliphatic carboxylic acids is 1. The molecule has 0 bridgehead atoms. The predicted molar refractivity (Wildman–Crippen MR) is 97.2 cm³/mol. The minimum Gasteiger partial charge on any atom is -0.493 e. The van der Waals surface area contributed by atoms with Crippen molar-refractivity contribution in [2.24, 2.45) is 0 Å². The molecule has 1 saturated heterocycles. The Morgan fingerprint density at radius 1 is 1.15 bits per heavy atom. The molecule has 0 radical (unpaired) electrons. The standard InChI is InChI=1S/C19H23N3O5/c1-25-15-5-4-13(12-16(15)26-2)17(18(23)24)22-10-6-14(7-11-22)27-19-20-8-3-9-21-19/h3-5,8-9,12,14,17H,6-7,10-11H2,1-2H3,(H,23,24). The molecule has 0 aliphatic carbocycles. The van der Waals surface area contributed by atoms with E-state index in [-0.39, 0.29) is 6.10 Å². The van der Waals surface area contributed by atoms with E-state index in [1.807, 2.05) is 4.90 Å².